The van der Waals surface area contributed by atoms with E-state index in [-0.39, 0.29) is 11.7 Å². The van der Waals surface area contributed by atoms with E-state index in [0.717, 1.165) is 25.1 Å². The van der Waals surface area contributed by atoms with Crippen LogP contribution in [0.2, 0.25) is 0 Å². The van der Waals surface area contributed by atoms with Gasteiger partial charge in [-0.2, -0.15) is 0 Å². The normalized spacial score (nSPS) is 10.3. The molecule has 0 radical (unpaired) electrons. The molecule has 1 aromatic carbocycles. The summed E-state index contributed by atoms with van der Waals surface area (Å²) >= 11 is 0. The van der Waals surface area contributed by atoms with E-state index in [9.17, 15) is 9.59 Å². The Morgan fingerprint density at radius 2 is 1.71 bits per heavy atom. The molecule has 0 saturated carbocycles. The molecule has 24 heavy (non-hydrogen) atoms. The molecule has 0 spiro atoms. The Bertz CT molecular complexity index is 696. The zero-order valence-corrected chi connectivity index (χ0v) is 14.2. The van der Waals surface area contributed by atoms with Gasteiger partial charge in [-0.05, 0) is 37.6 Å². The van der Waals surface area contributed by atoms with Gasteiger partial charge < -0.3 is 10.2 Å². The second-order valence-corrected chi connectivity index (χ2v) is 5.63. The van der Waals surface area contributed by atoms with Crippen molar-refractivity contribution in [3.8, 4) is 0 Å². The van der Waals surface area contributed by atoms with E-state index in [4.69, 9.17) is 0 Å². The molecule has 126 valence electrons. The minimum Gasteiger partial charge on any atom is -0.342 e. The van der Waals surface area contributed by atoms with Crippen LogP contribution < -0.4 is 5.32 Å². The Hall–Kier alpha value is -2.76. The summed E-state index contributed by atoms with van der Waals surface area (Å²) in [5.41, 5.74) is 1.89. The van der Waals surface area contributed by atoms with Gasteiger partial charge in [0, 0.05) is 37.2 Å². The fourth-order valence-electron chi connectivity index (χ4n) is 2.14. The molecule has 1 N–H and O–H groups in total. The number of hydrogen-bond acceptors (Lipinski definition) is 5. The minimum absolute atomic E-state index is 0.0212. The number of anilines is 2. The van der Waals surface area contributed by atoms with E-state index in [2.05, 4.69) is 22.2 Å². The molecule has 1 amide bonds. The number of hydrogen-bond donors (Lipinski definition) is 1. The number of ketones is 1. The third-order valence-electron chi connectivity index (χ3n) is 3.64. The summed E-state index contributed by atoms with van der Waals surface area (Å²) in [5, 5.41) is 3.04. The number of carbonyl (C=O) groups is 2. The predicted molar refractivity (Wildman–Crippen MR) is 93.6 cm³/mol. The lowest BCUT2D eigenvalue weighted by Gasteiger charge is -2.16. The van der Waals surface area contributed by atoms with Gasteiger partial charge in [0.25, 0.3) is 5.91 Å². The van der Waals surface area contributed by atoms with Gasteiger partial charge >= 0.3 is 0 Å². The number of benzene rings is 1. The smallest absolute Gasteiger partial charge is 0.256 e. The average Bonchev–Trinajstić information content (AvgIpc) is 2.60. The summed E-state index contributed by atoms with van der Waals surface area (Å²) in [5.74, 6) is 0.340. The maximum Gasteiger partial charge on any atom is 0.256 e. The first-order chi connectivity index (χ1) is 11.5. The fraction of sp³-hybridized carbons (Fsp3) is 0.333. The lowest BCUT2D eigenvalue weighted by Crippen LogP contribution is -2.27. The standard InChI is InChI=1S/C18H22N4O2/c1-4-5-10-22(3)17(24)15-11-19-18(20-12-15)21-16-8-6-14(7-9-16)13(2)23/h6-9,11-12H,4-5,10H2,1-3H3,(H,19,20,21). The Kier molecular flexibility index (Phi) is 6.01. The summed E-state index contributed by atoms with van der Waals surface area (Å²) in [6.07, 6.45) is 5.05. The highest BCUT2D eigenvalue weighted by molar-refractivity contribution is 5.94. The lowest BCUT2D eigenvalue weighted by atomic mass is 10.1. The van der Waals surface area contributed by atoms with Crippen molar-refractivity contribution in [1.29, 1.82) is 0 Å². The van der Waals surface area contributed by atoms with E-state index in [1.54, 1.807) is 36.2 Å². The summed E-state index contributed by atoms with van der Waals surface area (Å²) in [7, 11) is 1.78. The van der Waals surface area contributed by atoms with Crippen LogP contribution in [0.4, 0.5) is 11.6 Å². The van der Waals surface area contributed by atoms with E-state index >= 15 is 0 Å². The molecule has 0 unspecified atom stereocenters. The van der Waals surface area contributed by atoms with Crippen LogP contribution >= 0.6 is 0 Å². The van der Waals surface area contributed by atoms with Crippen LogP contribution in [0.1, 0.15) is 47.4 Å². The van der Waals surface area contributed by atoms with Gasteiger partial charge in [-0.1, -0.05) is 13.3 Å². The molecule has 0 aliphatic heterocycles. The molecule has 2 rings (SSSR count). The third-order valence-corrected chi connectivity index (χ3v) is 3.64. The molecule has 2 aromatic rings. The van der Waals surface area contributed by atoms with Gasteiger partial charge in [-0.15, -0.1) is 0 Å². The van der Waals surface area contributed by atoms with Crippen molar-refractivity contribution in [2.24, 2.45) is 0 Å². The van der Waals surface area contributed by atoms with Crippen LogP contribution in [0.5, 0.6) is 0 Å². The minimum atomic E-state index is -0.0826. The largest absolute Gasteiger partial charge is 0.342 e. The maximum atomic E-state index is 12.2. The SMILES string of the molecule is CCCCN(C)C(=O)c1cnc(Nc2ccc(C(C)=O)cc2)nc1. The molecule has 0 aliphatic carbocycles. The van der Waals surface area contributed by atoms with Gasteiger partial charge in [0.2, 0.25) is 5.95 Å². The summed E-state index contributed by atoms with van der Waals surface area (Å²) in [4.78, 5) is 33.5. The van der Waals surface area contributed by atoms with E-state index in [0.29, 0.717) is 17.1 Å². The van der Waals surface area contributed by atoms with Crippen molar-refractivity contribution >= 4 is 23.3 Å². The zero-order chi connectivity index (χ0) is 17.5. The number of rotatable bonds is 7. The highest BCUT2D eigenvalue weighted by atomic mass is 16.2. The first-order valence-electron chi connectivity index (χ1n) is 7.96. The first-order valence-corrected chi connectivity index (χ1v) is 7.96. The summed E-state index contributed by atoms with van der Waals surface area (Å²) < 4.78 is 0. The Balaban J connectivity index is 2.01. The molecular formula is C18H22N4O2. The second-order valence-electron chi connectivity index (χ2n) is 5.63. The van der Waals surface area contributed by atoms with Crippen LogP contribution in [-0.2, 0) is 0 Å². The number of Topliss-reactive ketones (excluding diaryl/α,β-unsaturated/α-hetero) is 1. The molecule has 6 heteroatoms. The van der Waals surface area contributed by atoms with Crippen molar-refractivity contribution in [2.45, 2.75) is 26.7 Å². The highest BCUT2D eigenvalue weighted by Crippen LogP contribution is 2.14. The summed E-state index contributed by atoms with van der Waals surface area (Å²) in [6.45, 7) is 4.33. The van der Waals surface area contributed by atoms with Gasteiger partial charge in [0.05, 0.1) is 5.56 Å². The van der Waals surface area contributed by atoms with Crippen LogP contribution in [0.3, 0.4) is 0 Å². The van der Waals surface area contributed by atoms with Crippen LogP contribution in [0.25, 0.3) is 0 Å². The van der Waals surface area contributed by atoms with Crippen molar-refractivity contribution in [3.05, 3.63) is 47.8 Å². The van der Waals surface area contributed by atoms with Crippen LogP contribution in [0, 0.1) is 0 Å². The average molecular weight is 326 g/mol. The highest BCUT2D eigenvalue weighted by Gasteiger charge is 2.12. The molecule has 0 atom stereocenters. The van der Waals surface area contributed by atoms with Crippen molar-refractivity contribution in [3.63, 3.8) is 0 Å². The number of nitrogens with zero attached hydrogens (tertiary/aromatic N) is 3. The van der Waals surface area contributed by atoms with E-state index < -0.39 is 0 Å². The van der Waals surface area contributed by atoms with Crippen molar-refractivity contribution in [1.82, 2.24) is 14.9 Å². The molecule has 0 saturated heterocycles. The molecule has 0 bridgehead atoms. The van der Waals surface area contributed by atoms with Crippen LogP contribution in [0.15, 0.2) is 36.7 Å². The summed E-state index contributed by atoms with van der Waals surface area (Å²) in [6, 6.07) is 7.06. The topological polar surface area (TPSA) is 75.2 Å². The maximum absolute atomic E-state index is 12.2. The quantitative estimate of drug-likeness (QED) is 0.790. The lowest BCUT2D eigenvalue weighted by molar-refractivity contribution is 0.0792. The molecule has 0 aliphatic rings. The van der Waals surface area contributed by atoms with E-state index in [1.807, 2.05) is 0 Å². The number of nitrogens with one attached hydrogen (secondary N) is 1. The number of amides is 1. The monoisotopic (exact) mass is 326 g/mol. The number of unbranched alkanes of at least 4 members (excludes halogenated alkanes) is 1. The van der Waals surface area contributed by atoms with Gasteiger partial charge in [0.1, 0.15) is 0 Å². The predicted octanol–water partition coefficient (Wildman–Crippen LogP) is 3.29. The Labute approximate surface area is 141 Å². The van der Waals surface area contributed by atoms with Crippen LogP contribution in [-0.4, -0.2) is 40.2 Å². The van der Waals surface area contributed by atoms with E-state index in [1.165, 1.54) is 19.3 Å². The van der Waals surface area contributed by atoms with Crippen molar-refractivity contribution < 1.29 is 9.59 Å². The van der Waals surface area contributed by atoms with Gasteiger partial charge in [-0.25, -0.2) is 9.97 Å². The zero-order valence-electron chi connectivity index (χ0n) is 14.2. The number of aromatic nitrogens is 2. The Morgan fingerprint density at radius 1 is 1.08 bits per heavy atom. The van der Waals surface area contributed by atoms with Crippen molar-refractivity contribution in [2.75, 3.05) is 18.9 Å². The molecule has 6 nitrogen and oxygen atoms in total. The molecule has 1 heterocycles. The molecule has 1 aromatic heterocycles. The Morgan fingerprint density at radius 3 is 2.25 bits per heavy atom. The van der Waals surface area contributed by atoms with Gasteiger partial charge in [-0.3, -0.25) is 9.59 Å². The molecule has 0 fully saturated rings. The fourth-order valence-corrected chi connectivity index (χ4v) is 2.14. The third kappa shape index (κ3) is 4.62. The second kappa shape index (κ2) is 8.19. The van der Waals surface area contributed by atoms with Gasteiger partial charge in [0.15, 0.2) is 5.78 Å². The first kappa shape index (κ1) is 17.6. The number of carbonyl (C=O) groups excluding carboxylic acids is 2. The molecular weight excluding hydrogens is 304 g/mol.